The first-order valence-electron chi connectivity index (χ1n) is 10.6. The lowest BCUT2D eigenvalue weighted by Gasteiger charge is -2.10. The molecule has 3 aromatic carbocycles. The topological polar surface area (TPSA) is 99.9 Å². The first-order valence-corrected chi connectivity index (χ1v) is 11.5. The summed E-state index contributed by atoms with van der Waals surface area (Å²) < 4.78 is 21.6. The Morgan fingerprint density at radius 1 is 0.971 bits per heavy atom. The predicted octanol–water partition coefficient (Wildman–Crippen LogP) is 5.52. The summed E-state index contributed by atoms with van der Waals surface area (Å²) in [4.78, 5) is 29.3. The standard InChI is InChI=1S/C26H20N2O6S/c1-31-16-9-7-15(8-10-16)25-28-20(14-35-25)26(30)33-13-24(29)27-19-12-22-18(11-23(19)32-2)17-5-3-4-6-21(17)34-22/h3-12,14H,13H2,1-2H3,(H,27,29). The number of carbonyl (C=O) groups is 2. The quantitative estimate of drug-likeness (QED) is 0.301. The van der Waals surface area contributed by atoms with Crippen LogP contribution in [0, 0.1) is 0 Å². The Balaban J connectivity index is 1.25. The molecule has 176 valence electrons. The largest absolute Gasteiger partial charge is 0.497 e. The van der Waals surface area contributed by atoms with E-state index in [0.717, 1.165) is 27.7 Å². The Hall–Kier alpha value is -4.37. The summed E-state index contributed by atoms with van der Waals surface area (Å²) in [5.41, 5.74) is 2.73. The zero-order valence-electron chi connectivity index (χ0n) is 18.9. The van der Waals surface area contributed by atoms with Crippen molar-refractivity contribution in [3.05, 3.63) is 71.7 Å². The van der Waals surface area contributed by atoms with E-state index in [1.165, 1.54) is 18.4 Å². The highest BCUT2D eigenvalue weighted by molar-refractivity contribution is 7.13. The van der Waals surface area contributed by atoms with Crippen LogP contribution in [0.2, 0.25) is 0 Å². The van der Waals surface area contributed by atoms with Gasteiger partial charge in [-0.3, -0.25) is 4.79 Å². The number of amides is 1. The second kappa shape index (κ2) is 9.47. The zero-order chi connectivity index (χ0) is 24.4. The van der Waals surface area contributed by atoms with Crippen molar-refractivity contribution < 1.29 is 28.2 Å². The molecule has 0 fully saturated rings. The van der Waals surface area contributed by atoms with Crippen molar-refractivity contribution >= 4 is 50.8 Å². The smallest absolute Gasteiger partial charge is 0.358 e. The number of ether oxygens (including phenoxy) is 3. The lowest BCUT2D eigenvalue weighted by atomic mass is 10.1. The first-order chi connectivity index (χ1) is 17.1. The Bertz CT molecular complexity index is 1540. The number of carbonyl (C=O) groups excluding carboxylic acids is 2. The number of nitrogens with zero attached hydrogens (tertiary/aromatic N) is 1. The van der Waals surface area contributed by atoms with Crippen LogP contribution >= 0.6 is 11.3 Å². The van der Waals surface area contributed by atoms with E-state index < -0.39 is 18.5 Å². The molecule has 1 N–H and O–H groups in total. The number of hydrogen-bond donors (Lipinski definition) is 1. The van der Waals surface area contributed by atoms with Gasteiger partial charge < -0.3 is 23.9 Å². The molecule has 0 saturated carbocycles. The Kier molecular flexibility index (Phi) is 6.07. The molecule has 0 saturated heterocycles. The molecule has 9 heteroatoms. The van der Waals surface area contributed by atoms with E-state index in [2.05, 4.69) is 10.3 Å². The van der Waals surface area contributed by atoms with Gasteiger partial charge >= 0.3 is 5.97 Å². The van der Waals surface area contributed by atoms with E-state index >= 15 is 0 Å². The minimum Gasteiger partial charge on any atom is -0.497 e. The summed E-state index contributed by atoms with van der Waals surface area (Å²) in [7, 11) is 3.11. The van der Waals surface area contributed by atoms with Crippen LogP contribution in [0.5, 0.6) is 11.5 Å². The molecule has 0 aliphatic heterocycles. The van der Waals surface area contributed by atoms with Crippen LogP contribution in [0.3, 0.4) is 0 Å². The minimum absolute atomic E-state index is 0.134. The molecule has 0 unspecified atom stereocenters. The van der Waals surface area contributed by atoms with Crippen LogP contribution in [0.4, 0.5) is 5.69 Å². The predicted molar refractivity (Wildman–Crippen MR) is 133 cm³/mol. The number of benzene rings is 3. The number of para-hydroxylation sites is 1. The number of anilines is 1. The number of hydrogen-bond acceptors (Lipinski definition) is 8. The maximum absolute atomic E-state index is 12.5. The highest BCUT2D eigenvalue weighted by Gasteiger charge is 2.17. The molecular formula is C26H20N2O6S. The van der Waals surface area contributed by atoms with Gasteiger partial charge in [-0.15, -0.1) is 11.3 Å². The highest BCUT2D eigenvalue weighted by atomic mass is 32.1. The molecule has 35 heavy (non-hydrogen) atoms. The van der Waals surface area contributed by atoms with Crippen LogP contribution in [-0.2, 0) is 9.53 Å². The zero-order valence-corrected chi connectivity index (χ0v) is 19.7. The first kappa shape index (κ1) is 22.4. The number of fused-ring (bicyclic) bond motifs is 3. The Morgan fingerprint density at radius 3 is 2.54 bits per heavy atom. The molecule has 0 atom stereocenters. The maximum Gasteiger partial charge on any atom is 0.358 e. The van der Waals surface area contributed by atoms with Crippen LogP contribution in [0.15, 0.2) is 70.5 Å². The fraction of sp³-hybridized carbons (Fsp3) is 0.115. The van der Waals surface area contributed by atoms with E-state index in [1.807, 2.05) is 48.5 Å². The van der Waals surface area contributed by atoms with Gasteiger partial charge in [-0.2, -0.15) is 0 Å². The van der Waals surface area contributed by atoms with Crippen molar-refractivity contribution in [1.29, 1.82) is 0 Å². The number of aromatic nitrogens is 1. The average Bonchev–Trinajstić information content (AvgIpc) is 3.52. The van der Waals surface area contributed by atoms with Gasteiger partial charge in [0.2, 0.25) is 0 Å². The van der Waals surface area contributed by atoms with Crippen LogP contribution in [0.25, 0.3) is 32.5 Å². The van der Waals surface area contributed by atoms with E-state index in [4.69, 9.17) is 18.6 Å². The summed E-state index contributed by atoms with van der Waals surface area (Å²) in [6.07, 6.45) is 0. The molecule has 0 radical (unpaired) electrons. The minimum atomic E-state index is -0.684. The molecule has 1 amide bonds. The number of nitrogens with one attached hydrogen (secondary N) is 1. The molecule has 8 nitrogen and oxygen atoms in total. The van der Waals surface area contributed by atoms with Gasteiger partial charge in [-0.1, -0.05) is 18.2 Å². The van der Waals surface area contributed by atoms with Gasteiger partial charge in [0.15, 0.2) is 12.3 Å². The lowest BCUT2D eigenvalue weighted by Crippen LogP contribution is -2.21. The Labute approximate surface area is 204 Å². The van der Waals surface area contributed by atoms with Crippen LogP contribution in [-0.4, -0.2) is 37.7 Å². The molecule has 0 spiro atoms. The van der Waals surface area contributed by atoms with Crippen molar-refractivity contribution in [2.45, 2.75) is 0 Å². The maximum atomic E-state index is 12.5. The second-order valence-electron chi connectivity index (χ2n) is 7.54. The summed E-state index contributed by atoms with van der Waals surface area (Å²) in [6, 6.07) is 18.5. The highest BCUT2D eigenvalue weighted by Crippen LogP contribution is 2.36. The van der Waals surface area contributed by atoms with Crippen molar-refractivity contribution in [1.82, 2.24) is 4.98 Å². The summed E-state index contributed by atoms with van der Waals surface area (Å²) in [6.45, 7) is -0.477. The molecule has 5 aromatic rings. The molecule has 5 rings (SSSR count). The lowest BCUT2D eigenvalue weighted by molar-refractivity contribution is -0.119. The fourth-order valence-electron chi connectivity index (χ4n) is 3.64. The number of rotatable bonds is 7. The van der Waals surface area contributed by atoms with Crippen LogP contribution < -0.4 is 14.8 Å². The third kappa shape index (κ3) is 4.53. The Morgan fingerprint density at radius 2 is 1.77 bits per heavy atom. The van der Waals surface area contributed by atoms with Crippen molar-refractivity contribution in [3.8, 4) is 22.1 Å². The molecule has 2 aromatic heterocycles. The molecule has 0 aliphatic carbocycles. The van der Waals surface area contributed by atoms with E-state index in [0.29, 0.717) is 22.0 Å². The summed E-state index contributed by atoms with van der Waals surface area (Å²) >= 11 is 1.31. The molecule has 0 bridgehead atoms. The normalized spacial score (nSPS) is 10.9. The molecular weight excluding hydrogens is 468 g/mol. The number of furan rings is 1. The van der Waals surface area contributed by atoms with Crippen molar-refractivity contribution in [2.24, 2.45) is 0 Å². The van der Waals surface area contributed by atoms with E-state index in [9.17, 15) is 9.59 Å². The van der Waals surface area contributed by atoms with Gasteiger partial charge in [-0.05, 0) is 36.4 Å². The monoisotopic (exact) mass is 488 g/mol. The van der Waals surface area contributed by atoms with E-state index in [1.54, 1.807) is 24.6 Å². The van der Waals surface area contributed by atoms with Crippen molar-refractivity contribution in [2.75, 3.05) is 26.1 Å². The number of methoxy groups -OCH3 is 2. The molecule has 0 aliphatic rings. The van der Waals surface area contributed by atoms with Gasteiger partial charge in [0, 0.05) is 27.8 Å². The summed E-state index contributed by atoms with van der Waals surface area (Å²) in [5.74, 6) is -0.00648. The third-order valence-electron chi connectivity index (χ3n) is 5.36. The average molecular weight is 489 g/mol. The van der Waals surface area contributed by atoms with Gasteiger partial charge in [-0.25, -0.2) is 9.78 Å². The third-order valence-corrected chi connectivity index (χ3v) is 6.25. The number of thiazole rings is 1. The summed E-state index contributed by atoms with van der Waals surface area (Å²) in [5, 5.41) is 6.79. The second-order valence-corrected chi connectivity index (χ2v) is 8.40. The molecule has 2 heterocycles. The number of esters is 1. The van der Waals surface area contributed by atoms with Gasteiger partial charge in [0.1, 0.15) is 27.7 Å². The fourth-order valence-corrected chi connectivity index (χ4v) is 4.44. The van der Waals surface area contributed by atoms with Crippen LogP contribution in [0.1, 0.15) is 10.5 Å². The van der Waals surface area contributed by atoms with Crippen molar-refractivity contribution in [3.63, 3.8) is 0 Å². The van der Waals surface area contributed by atoms with Gasteiger partial charge in [0.25, 0.3) is 5.91 Å². The van der Waals surface area contributed by atoms with E-state index in [-0.39, 0.29) is 5.69 Å². The SMILES string of the molecule is COc1ccc(-c2nc(C(=O)OCC(=O)Nc3cc4oc5ccccc5c4cc3OC)cs2)cc1. The van der Waals surface area contributed by atoms with Gasteiger partial charge in [0.05, 0.1) is 19.9 Å².